The van der Waals surface area contributed by atoms with E-state index in [-0.39, 0.29) is 0 Å². The molecule has 0 spiro atoms. The molecule has 1 heterocycles. The van der Waals surface area contributed by atoms with Gasteiger partial charge in [0, 0.05) is 11.8 Å². The summed E-state index contributed by atoms with van der Waals surface area (Å²) >= 11 is 0. The third-order valence-corrected chi connectivity index (χ3v) is 3.30. The highest BCUT2D eigenvalue weighted by Gasteiger charge is 2.14. The minimum Gasteiger partial charge on any atom is -0.423 e. The first kappa shape index (κ1) is 12.0. The summed E-state index contributed by atoms with van der Waals surface area (Å²) in [7, 11) is -1.43. The highest BCUT2D eigenvalue weighted by atomic mass is 16.4. The van der Waals surface area contributed by atoms with E-state index in [1.165, 1.54) is 0 Å². The molecule has 0 saturated carbocycles. The summed E-state index contributed by atoms with van der Waals surface area (Å²) in [4.78, 5) is 4.29. The molecule has 2 aromatic rings. The van der Waals surface area contributed by atoms with Crippen molar-refractivity contribution in [1.29, 1.82) is 0 Å². The molecule has 0 radical (unpaired) electrons. The highest BCUT2D eigenvalue weighted by molar-refractivity contribution is 6.58. The number of aryl methyl sites for hydroxylation is 2. The zero-order valence-corrected chi connectivity index (χ0v) is 10.3. The molecule has 0 bridgehead atoms. The molecule has 3 nitrogen and oxygen atoms in total. The van der Waals surface area contributed by atoms with Gasteiger partial charge < -0.3 is 10.0 Å². The average molecular weight is 249 g/mol. The molecule has 0 fully saturated rings. The van der Waals surface area contributed by atoms with Gasteiger partial charge in [0.05, 0.1) is 0 Å². The van der Waals surface area contributed by atoms with Crippen molar-refractivity contribution in [2.75, 3.05) is 0 Å². The van der Waals surface area contributed by atoms with Crippen LogP contribution in [0.25, 0.3) is 0 Å². The van der Waals surface area contributed by atoms with Crippen molar-refractivity contribution in [3.63, 3.8) is 0 Å². The maximum Gasteiger partial charge on any atom is 0.488 e. The molecule has 0 aliphatic heterocycles. The van der Waals surface area contributed by atoms with Gasteiger partial charge in [0.15, 0.2) is 0 Å². The summed E-state index contributed by atoms with van der Waals surface area (Å²) < 4.78 is 0. The Bertz CT molecular complexity index is 686. The number of pyridine rings is 1. The molecule has 92 valence electrons. The zero-order chi connectivity index (χ0) is 13.2. The minimum absolute atomic E-state index is 0.507. The monoisotopic (exact) mass is 249 g/mol. The molecule has 1 aliphatic carbocycles. The molecular weight excluding hydrogens is 237 g/mol. The molecule has 0 atom stereocenters. The minimum atomic E-state index is -1.43. The highest BCUT2D eigenvalue weighted by Crippen LogP contribution is 2.15. The van der Waals surface area contributed by atoms with E-state index in [4.69, 9.17) is 0 Å². The Morgan fingerprint density at radius 2 is 1.89 bits per heavy atom. The summed E-state index contributed by atoms with van der Waals surface area (Å²) in [5, 5.41) is 18.4. The van der Waals surface area contributed by atoms with Crippen LogP contribution in [0.2, 0.25) is 0 Å². The van der Waals surface area contributed by atoms with E-state index in [1.807, 2.05) is 24.3 Å². The molecule has 0 amide bonds. The van der Waals surface area contributed by atoms with Crippen molar-refractivity contribution in [3.05, 3.63) is 58.9 Å². The number of rotatable bonds is 1. The van der Waals surface area contributed by atoms with Crippen LogP contribution in [0.5, 0.6) is 0 Å². The SMILES string of the molecule is OB(O)c1ccc2c(c1)CCc1cccnc1C#C2. The van der Waals surface area contributed by atoms with Crippen LogP contribution in [0, 0.1) is 11.8 Å². The quantitative estimate of drug-likeness (QED) is 0.563. The normalized spacial score (nSPS) is 12.3. The standard InChI is InChI=1S/C15H12BNO2/c18-16(19)14-7-5-11-6-8-15-12(2-1-9-17-15)3-4-13(11)10-14/h1-2,5,7,9-10,18-19H,3-4H2. The van der Waals surface area contributed by atoms with Crippen LogP contribution in [0.3, 0.4) is 0 Å². The van der Waals surface area contributed by atoms with Gasteiger partial charge in [0.1, 0.15) is 5.69 Å². The van der Waals surface area contributed by atoms with Gasteiger partial charge in [0.2, 0.25) is 0 Å². The van der Waals surface area contributed by atoms with Gasteiger partial charge in [-0.3, -0.25) is 0 Å². The largest absolute Gasteiger partial charge is 0.488 e. The molecule has 4 heteroatoms. The Labute approximate surface area is 112 Å². The zero-order valence-electron chi connectivity index (χ0n) is 10.3. The van der Waals surface area contributed by atoms with Crippen LogP contribution in [0.15, 0.2) is 36.5 Å². The fourth-order valence-corrected chi connectivity index (χ4v) is 2.25. The molecule has 2 N–H and O–H groups in total. The second-order valence-corrected chi connectivity index (χ2v) is 4.55. The van der Waals surface area contributed by atoms with E-state index in [0.29, 0.717) is 5.46 Å². The van der Waals surface area contributed by atoms with Gasteiger partial charge in [0.25, 0.3) is 0 Å². The third-order valence-electron chi connectivity index (χ3n) is 3.30. The first-order valence-electron chi connectivity index (χ1n) is 6.19. The van der Waals surface area contributed by atoms with Crippen molar-refractivity contribution in [1.82, 2.24) is 4.98 Å². The molecule has 19 heavy (non-hydrogen) atoms. The van der Waals surface area contributed by atoms with Crippen LogP contribution in [0.1, 0.15) is 22.4 Å². The lowest BCUT2D eigenvalue weighted by atomic mass is 9.78. The lowest BCUT2D eigenvalue weighted by Crippen LogP contribution is -2.30. The van der Waals surface area contributed by atoms with Crippen molar-refractivity contribution in [3.8, 4) is 11.8 Å². The average Bonchev–Trinajstić information content (AvgIpc) is 2.41. The number of hydrogen-bond acceptors (Lipinski definition) is 3. The Balaban J connectivity index is 2.07. The Kier molecular flexibility index (Phi) is 3.08. The lowest BCUT2D eigenvalue weighted by Gasteiger charge is -2.11. The van der Waals surface area contributed by atoms with Crippen LogP contribution >= 0.6 is 0 Å². The number of aromatic nitrogens is 1. The maximum atomic E-state index is 9.22. The van der Waals surface area contributed by atoms with E-state index in [9.17, 15) is 10.0 Å². The van der Waals surface area contributed by atoms with Crippen molar-refractivity contribution < 1.29 is 10.0 Å². The predicted octanol–water partition coefficient (Wildman–Crippen LogP) is 0.260. The number of nitrogens with zero attached hydrogens (tertiary/aromatic N) is 1. The Hall–Kier alpha value is -2.09. The Morgan fingerprint density at radius 3 is 2.74 bits per heavy atom. The van der Waals surface area contributed by atoms with Gasteiger partial charge >= 0.3 is 7.12 Å². The third kappa shape index (κ3) is 2.39. The second-order valence-electron chi connectivity index (χ2n) is 4.55. The Morgan fingerprint density at radius 1 is 1.05 bits per heavy atom. The van der Waals surface area contributed by atoms with E-state index in [0.717, 1.165) is 35.2 Å². The van der Waals surface area contributed by atoms with Gasteiger partial charge in [-0.05, 0) is 47.5 Å². The fraction of sp³-hybridized carbons (Fsp3) is 0.133. The van der Waals surface area contributed by atoms with Crippen LogP contribution in [-0.2, 0) is 12.8 Å². The lowest BCUT2D eigenvalue weighted by molar-refractivity contribution is 0.425. The molecule has 0 unspecified atom stereocenters. The van der Waals surface area contributed by atoms with E-state index < -0.39 is 7.12 Å². The molecule has 1 aliphatic rings. The molecule has 3 rings (SSSR count). The van der Waals surface area contributed by atoms with Crippen molar-refractivity contribution in [2.45, 2.75) is 12.8 Å². The van der Waals surface area contributed by atoms with Gasteiger partial charge in [-0.15, -0.1) is 0 Å². The first-order chi connectivity index (χ1) is 9.24. The molecular formula is C15H12BNO2. The summed E-state index contributed by atoms with van der Waals surface area (Å²) in [5.74, 6) is 6.20. The second kappa shape index (κ2) is 4.89. The van der Waals surface area contributed by atoms with Crippen LogP contribution in [0.4, 0.5) is 0 Å². The summed E-state index contributed by atoms with van der Waals surface area (Å²) in [6.45, 7) is 0. The summed E-state index contributed by atoms with van der Waals surface area (Å²) in [6.07, 6.45) is 3.43. The molecule has 1 aromatic heterocycles. The first-order valence-corrected chi connectivity index (χ1v) is 6.19. The molecule has 1 aromatic carbocycles. The van der Waals surface area contributed by atoms with E-state index in [1.54, 1.807) is 12.3 Å². The van der Waals surface area contributed by atoms with Gasteiger partial charge in [-0.25, -0.2) is 4.98 Å². The van der Waals surface area contributed by atoms with Crippen LogP contribution < -0.4 is 5.46 Å². The number of benzene rings is 1. The van der Waals surface area contributed by atoms with Crippen molar-refractivity contribution in [2.24, 2.45) is 0 Å². The topological polar surface area (TPSA) is 53.4 Å². The summed E-state index contributed by atoms with van der Waals surface area (Å²) in [5.41, 5.74) is 4.45. The van der Waals surface area contributed by atoms with Crippen LogP contribution in [-0.4, -0.2) is 22.2 Å². The molecule has 0 saturated heterocycles. The number of hydrogen-bond donors (Lipinski definition) is 2. The van der Waals surface area contributed by atoms with Crippen molar-refractivity contribution >= 4 is 12.6 Å². The number of fused-ring (bicyclic) bond motifs is 2. The van der Waals surface area contributed by atoms with E-state index >= 15 is 0 Å². The smallest absolute Gasteiger partial charge is 0.423 e. The predicted molar refractivity (Wildman–Crippen MR) is 73.9 cm³/mol. The van der Waals surface area contributed by atoms with E-state index in [2.05, 4.69) is 16.8 Å². The summed E-state index contributed by atoms with van der Waals surface area (Å²) in [6, 6.07) is 9.30. The fourth-order valence-electron chi connectivity index (χ4n) is 2.25. The maximum absolute atomic E-state index is 9.22. The van der Waals surface area contributed by atoms with Gasteiger partial charge in [-0.1, -0.05) is 24.1 Å². The van der Waals surface area contributed by atoms with Gasteiger partial charge in [-0.2, -0.15) is 0 Å².